The minimum atomic E-state index is -1.16. The van der Waals surface area contributed by atoms with Crippen LogP contribution in [0.1, 0.15) is 29.0 Å². The molecule has 1 amide bonds. The van der Waals surface area contributed by atoms with Gasteiger partial charge >= 0.3 is 5.97 Å². The largest absolute Gasteiger partial charge is 0.480 e. The number of amides is 1. The van der Waals surface area contributed by atoms with Gasteiger partial charge in [-0.05, 0) is 31.9 Å². The zero-order chi connectivity index (χ0) is 12.5. The topological polar surface area (TPSA) is 66.4 Å². The number of thiophene rings is 1. The number of aliphatic carboxylic acids is 1. The molecule has 4 nitrogen and oxygen atoms in total. The van der Waals surface area contributed by atoms with Crippen LogP contribution in [0.2, 0.25) is 0 Å². The van der Waals surface area contributed by atoms with Gasteiger partial charge in [0.2, 0.25) is 5.91 Å². The Hall–Kier alpha value is -1.36. The van der Waals surface area contributed by atoms with Crippen LogP contribution in [0.5, 0.6) is 0 Å². The highest BCUT2D eigenvalue weighted by Crippen LogP contribution is 2.41. The van der Waals surface area contributed by atoms with E-state index in [1.807, 2.05) is 19.1 Å². The minimum absolute atomic E-state index is 0.345. The van der Waals surface area contributed by atoms with E-state index >= 15 is 0 Å². The van der Waals surface area contributed by atoms with Crippen molar-refractivity contribution in [1.29, 1.82) is 0 Å². The van der Waals surface area contributed by atoms with Crippen LogP contribution in [0.3, 0.4) is 0 Å². The fourth-order valence-corrected chi connectivity index (χ4v) is 2.82. The summed E-state index contributed by atoms with van der Waals surface area (Å²) in [5, 5.41) is 11.8. The van der Waals surface area contributed by atoms with Crippen LogP contribution in [-0.4, -0.2) is 17.0 Å². The third kappa shape index (κ3) is 2.20. The SMILES string of the molecule is Cc1ccc(CNC(=O)C2(C(=O)O)CCC2)s1. The molecular formula is C12H15NO3S. The fraction of sp³-hybridized carbons (Fsp3) is 0.500. The summed E-state index contributed by atoms with van der Waals surface area (Å²) in [5.41, 5.74) is -1.16. The van der Waals surface area contributed by atoms with E-state index in [4.69, 9.17) is 5.11 Å². The summed E-state index contributed by atoms with van der Waals surface area (Å²) in [4.78, 5) is 25.2. The van der Waals surface area contributed by atoms with Gasteiger partial charge in [-0.15, -0.1) is 11.3 Å². The highest BCUT2D eigenvalue weighted by atomic mass is 32.1. The summed E-state index contributed by atoms with van der Waals surface area (Å²) in [5.74, 6) is -1.34. The molecule has 0 bridgehead atoms. The molecule has 0 saturated heterocycles. The van der Waals surface area contributed by atoms with Crippen LogP contribution in [0, 0.1) is 12.3 Å². The molecule has 0 spiro atoms. The van der Waals surface area contributed by atoms with Gasteiger partial charge in [-0.3, -0.25) is 9.59 Å². The summed E-state index contributed by atoms with van der Waals surface area (Å²) in [7, 11) is 0. The normalized spacial score (nSPS) is 17.2. The number of nitrogens with one attached hydrogen (secondary N) is 1. The zero-order valence-corrected chi connectivity index (χ0v) is 10.5. The van der Waals surface area contributed by atoms with Gasteiger partial charge < -0.3 is 10.4 Å². The first-order chi connectivity index (χ1) is 8.04. The van der Waals surface area contributed by atoms with Crippen LogP contribution < -0.4 is 5.32 Å². The second-order valence-corrected chi connectivity index (χ2v) is 5.81. The van der Waals surface area contributed by atoms with Gasteiger partial charge in [0, 0.05) is 9.75 Å². The molecule has 17 heavy (non-hydrogen) atoms. The summed E-state index contributed by atoms with van der Waals surface area (Å²) in [6, 6.07) is 3.94. The Morgan fingerprint density at radius 1 is 1.47 bits per heavy atom. The first-order valence-corrected chi connectivity index (χ1v) is 6.43. The molecule has 5 heteroatoms. The number of hydrogen-bond acceptors (Lipinski definition) is 3. The Labute approximate surface area is 104 Å². The molecule has 1 aromatic heterocycles. The molecule has 1 aliphatic rings. The zero-order valence-electron chi connectivity index (χ0n) is 9.66. The van der Waals surface area contributed by atoms with Crippen molar-refractivity contribution in [1.82, 2.24) is 5.32 Å². The molecule has 0 aromatic carbocycles. The van der Waals surface area contributed by atoms with Crippen LogP contribution in [0.4, 0.5) is 0 Å². The molecule has 1 aliphatic carbocycles. The van der Waals surface area contributed by atoms with E-state index in [1.54, 1.807) is 11.3 Å². The van der Waals surface area contributed by atoms with Crippen LogP contribution in [0.25, 0.3) is 0 Å². The van der Waals surface area contributed by atoms with Crippen molar-refractivity contribution in [3.63, 3.8) is 0 Å². The molecule has 92 valence electrons. The van der Waals surface area contributed by atoms with Crippen molar-refractivity contribution in [3.8, 4) is 0 Å². The molecule has 1 aromatic rings. The van der Waals surface area contributed by atoms with E-state index in [-0.39, 0.29) is 5.91 Å². The second-order valence-electron chi connectivity index (χ2n) is 4.44. The highest BCUT2D eigenvalue weighted by molar-refractivity contribution is 7.11. The maximum atomic E-state index is 11.9. The maximum absolute atomic E-state index is 11.9. The molecule has 1 saturated carbocycles. The predicted molar refractivity (Wildman–Crippen MR) is 64.8 cm³/mol. The van der Waals surface area contributed by atoms with Crippen molar-refractivity contribution in [3.05, 3.63) is 21.9 Å². The van der Waals surface area contributed by atoms with Crippen LogP contribution in [0.15, 0.2) is 12.1 Å². The van der Waals surface area contributed by atoms with Crippen molar-refractivity contribution in [2.45, 2.75) is 32.7 Å². The molecular weight excluding hydrogens is 238 g/mol. The Bertz CT molecular complexity index is 448. The van der Waals surface area contributed by atoms with Gasteiger partial charge in [0.1, 0.15) is 5.41 Å². The Kier molecular flexibility index (Phi) is 3.19. The van der Waals surface area contributed by atoms with Crippen molar-refractivity contribution < 1.29 is 14.7 Å². The maximum Gasteiger partial charge on any atom is 0.319 e. The van der Waals surface area contributed by atoms with Crippen molar-refractivity contribution in [2.24, 2.45) is 5.41 Å². The number of aryl methyl sites for hydroxylation is 1. The highest BCUT2D eigenvalue weighted by Gasteiger charge is 2.50. The molecule has 0 unspecified atom stereocenters. The summed E-state index contributed by atoms with van der Waals surface area (Å²) >= 11 is 1.61. The number of carboxylic acid groups (broad SMARTS) is 1. The van der Waals surface area contributed by atoms with Gasteiger partial charge in [-0.1, -0.05) is 6.42 Å². The molecule has 1 heterocycles. The smallest absolute Gasteiger partial charge is 0.319 e. The lowest BCUT2D eigenvalue weighted by atomic mass is 9.68. The molecule has 0 atom stereocenters. The van der Waals surface area contributed by atoms with E-state index in [9.17, 15) is 9.59 Å². The first kappa shape index (κ1) is 12.1. The Morgan fingerprint density at radius 2 is 2.18 bits per heavy atom. The molecule has 2 rings (SSSR count). The lowest BCUT2D eigenvalue weighted by Crippen LogP contribution is -2.50. The average Bonchev–Trinajstić information content (AvgIpc) is 2.59. The van der Waals surface area contributed by atoms with E-state index in [2.05, 4.69) is 5.32 Å². The minimum Gasteiger partial charge on any atom is -0.480 e. The lowest BCUT2D eigenvalue weighted by Gasteiger charge is -2.35. The third-order valence-corrected chi connectivity index (χ3v) is 4.27. The number of rotatable bonds is 4. The predicted octanol–water partition coefficient (Wildman–Crippen LogP) is 1.93. The lowest BCUT2D eigenvalue weighted by molar-refractivity contribution is -0.162. The van der Waals surface area contributed by atoms with Gasteiger partial charge in [0.25, 0.3) is 0 Å². The quantitative estimate of drug-likeness (QED) is 0.806. The molecule has 0 aliphatic heterocycles. The molecule has 2 N–H and O–H groups in total. The standard InChI is InChI=1S/C12H15NO3S/c1-8-3-4-9(17-8)7-13-10(14)12(11(15)16)5-2-6-12/h3-4H,2,5-7H2,1H3,(H,13,14)(H,15,16). The van der Waals surface area contributed by atoms with Crippen LogP contribution >= 0.6 is 11.3 Å². The van der Waals surface area contributed by atoms with Crippen molar-refractivity contribution in [2.75, 3.05) is 0 Å². The third-order valence-electron chi connectivity index (χ3n) is 3.27. The van der Waals surface area contributed by atoms with E-state index in [0.717, 1.165) is 11.3 Å². The number of carbonyl (C=O) groups is 2. The van der Waals surface area contributed by atoms with E-state index < -0.39 is 11.4 Å². The summed E-state index contributed by atoms with van der Waals surface area (Å²) in [6.45, 7) is 2.42. The first-order valence-electron chi connectivity index (χ1n) is 5.62. The van der Waals surface area contributed by atoms with E-state index in [0.29, 0.717) is 19.4 Å². The van der Waals surface area contributed by atoms with Gasteiger partial charge in [-0.2, -0.15) is 0 Å². The number of carbonyl (C=O) groups excluding carboxylic acids is 1. The Morgan fingerprint density at radius 3 is 2.59 bits per heavy atom. The number of hydrogen-bond donors (Lipinski definition) is 2. The monoisotopic (exact) mass is 253 g/mol. The second kappa shape index (κ2) is 4.49. The average molecular weight is 253 g/mol. The fourth-order valence-electron chi connectivity index (χ4n) is 1.99. The summed E-state index contributed by atoms with van der Waals surface area (Å²) < 4.78 is 0. The van der Waals surface area contributed by atoms with Crippen LogP contribution in [-0.2, 0) is 16.1 Å². The van der Waals surface area contributed by atoms with Crippen molar-refractivity contribution >= 4 is 23.2 Å². The Balaban J connectivity index is 1.95. The van der Waals surface area contributed by atoms with Gasteiger partial charge in [0.05, 0.1) is 6.54 Å². The van der Waals surface area contributed by atoms with Gasteiger partial charge in [0.15, 0.2) is 0 Å². The van der Waals surface area contributed by atoms with E-state index in [1.165, 1.54) is 4.88 Å². The van der Waals surface area contributed by atoms with Gasteiger partial charge in [-0.25, -0.2) is 0 Å². The molecule has 0 radical (unpaired) electrons. The molecule has 1 fully saturated rings. The number of carboxylic acids is 1. The summed E-state index contributed by atoms with van der Waals surface area (Å²) in [6.07, 6.45) is 1.73.